The summed E-state index contributed by atoms with van der Waals surface area (Å²) in [6.45, 7) is 5.00. The zero-order valence-corrected chi connectivity index (χ0v) is 9.10. The lowest BCUT2D eigenvalue weighted by molar-refractivity contribution is 0.598. The van der Waals surface area contributed by atoms with E-state index >= 15 is 0 Å². The van der Waals surface area contributed by atoms with E-state index in [9.17, 15) is 0 Å². The highest BCUT2D eigenvalue weighted by molar-refractivity contribution is 6.31. The molecule has 0 aliphatic heterocycles. The van der Waals surface area contributed by atoms with Gasteiger partial charge in [0.1, 0.15) is 0 Å². The Hall–Kier alpha value is -1.04. The van der Waals surface area contributed by atoms with Crippen LogP contribution in [-0.4, -0.2) is 6.54 Å². The van der Waals surface area contributed by atoms with Crippen molar-refractivity contribution in [1.29, 1.82) is 5.26 Å². The Kier molecular flexibility index (Phi) is 3.94. The molecule has 0 amide bonds. The van der Waals surface area contributed by atoms with Crippen molar-refractivity contribution in [3.8, 4) is 6.07 Å². The Morgan fingerprint density at radius 3 is 2.79 bits per heavy atom. The largest absolute Gasteiger partial charge is 0.310 e. The lowest BCUT2D eigenvalue weighted by Gasteiger charge is -2.14. The molecule has 0 saturated carbocycles. The molecule has 0 bridgehead atoms. The zero-order valence-electron chi connectivity index (χ0n) is 8.34. The summed E-state index contributed by atoms with van der Waals surface area (Å²) in [5.74, 6) is 0. The molecule has 0 aliphatic carbocycles. The van der Waals surface area contributed by atoms with Crippen molar-refractivity contribution >= 4 is 11.6 Å². The SMILES string of the molecule is CCNC(C)c1ccc(C#N)cc1Cl. The number of rotatable bonds is 3. The predicted molar refractivity (Wildman–Crippen MR) is 58.3 cm³/mol. The average molecular weight is 209 g/mol. The summed E-state index contributed by atoms with van der Waals surface area (Å²) in [6.07, 6.45) is 0. The summed E-state index contributed by atoms with van der Waals surface area (Å²) in [4.78, 5) is 0. The van der Waals surface area contributed by atoms with Crippen molar-refractivity contribution in [3.05, 3.63) is 34.3 Å². The average Bonchev–Trinajstić information content (AvgIpc) is 2.17. The topological polar surface area (TPSA) is 35.8 Å². The minimum atomic E-state index is 0.222. The quantitative estimate of drug-likeness (QED) is 0.829. The van der Waals surface area contributed by atoms with Gasteiger partial charge in [-0.2, -0.15) is 5.26 Å². The summed E-state index contributed by atoms with van der Waals surface area (Å²) >= 11 is 6.05. The number of halogens is 1. The van der Waals surface area contributed by atoms with E-state index in [0.29, 0.717) is 10.6 Å². The van der Waals surface area contributed by atoms with Crippen LogP contribution in [-0.2, 0) is 0 Å². The molecule has 0 saturated heterocycles. The molecule has 0 spiro atoms. The van der Waals surface area contributed by atoms with Gasteiger partial charge in [0.2, 0.25) is 0 Å². The van der Waals surface area contributed by atoms with E-state index in [1.54, 1.807) is 12.1 Å². The van der Waals surface area contributed by atoms with E-state index < -0.39 is 0 Å². The summed E-state index contributed by atoms with van der Waals surface area (Å²) in [5.41, 5.74) is 1.63. The highest BCUT2D eigenvalue weighted by atomic mass is 35.5. The first-order chi connectivity index (χ1) is 6.69. The lowest BCUT2D eigenvalue weighted by Crippen LogP contribution is -2.17. The lowest BCUT2D eigenvalue weighted by atomic mass is 10.1. The molecule has 0 aromatic heterocycles. The summed E-state index contributed by atoms with van der Waals surface area (Å²) in [7, 11) is 0. The second kappa shape index (κ2) is 4.99. The Balaban J connectivity index is 2.95. The molecule has 1 rings (SSSR count). The first kappa shape index (κ1) is 11.0. The molecule has 2 nitrogen and oxygen atoms in total. The Bertz CT molecular complexity index is 355. The maximum Gasteiger partial charge on any atom is 0.0992 e. The van der Waals surface area contributed by atoms with E-state index in [0.717, 1.165) is 12.1 Å². The highest BCUT2D eigenvalue weighted by Gasteiger charge is 2.08. The maximum absolute atomic E-state index is 8.67. The fourth-order valence-corrected chi connectivity index (χ4v) is 1.71. The van der Waals surface area contributed by atoms with Gasteiger partial charge >= 0.3 is 0 Å². The van der Waals surface area contributed by atoms with Crippen molar-refractivity contribution in [3.63, 3.8) is 0 Å². The van der Waals surface area contributed by atoms with Gasteiger partial charge in [0.15, 0.2) is 0 Å². The minimum Gasteiger partial charge on any atom is -0.310 e. The number of hydrogen-bond donors (Lipinski definition) is 1. The predicted octanol–water partition coefficient (Wildman–Crippen LogP) is 2.88. The summed E-state index contributed by atoms with van der Waals surface area (Å²) in [5, 5.41) is 12.6. The van der Waals surface area contributed by atoms with Crippen molar-refractivity contribution in [2.45, 2.75) is 19.9 Å². The third kappa shape index (κ3) is 2.47. The molecule has 0 heterocycles. The summed E-state index contributed by atoms with van der Waals surface area (Å²) in [6, 6.07) is 7.67. The van der Waals surface area contributed by atoms with Crippen LogP contribution in [0.15, 0.2) is 18.2 Å². The van der Waals surface area contributed by atoms with E-state index in [1.165, 1.54) is 0 Å². The van der Waals surface area contributed by atoms with Gasteiger partial charge in [-0.1, -0.05) is 24.6 Å². The van der Waals surface area contributed by atoms with E-state index in [4.69, 9.17) is 16.9 Å². The number of nitrogens with one attached hydrogen (secondary N) is 1. The Labute approximate surface area is 89.5 Å². The minimum absolute atomic E-state index is 0.222. The fourth-order valence-electron chi connectivity index (χ4n) is 1.36. The van der Waals surface area contributed by atoms with Gasteiger partial charge in [-0.05, 0) is 31.2 Å². The first-order valence-electron chi connectivity index (χ1n) is 4.62. The molecule has 0 fully saturated rings. The molecule has 3 heteroatoms. The third-order valence-corrected chi connectivity index (χ3v) is 2.43. The van der Waals surface area contributed by atoms with Crippen LogP contribution in [0.25, 0.3) is 0 Å². The van der Waals surface area contributed by atoms with E-state index in [2.05, 4.69) is 18.3 Å². The van der Waals surface area contributed by atoms with Gasteiger partial charge in [-0.15, -0.1) is 0 Å². The molecule has 1 aromatic rings. The van der Waals surface area contributed by atoms with Crippen LogP contribution in [0.3, 0.4) is 0 Å². The number of nitrogens with zero attached hydrogens (tertiary/aromatic N) is 1. The van der Waals surface area contributed by atoms with Crippen LogP contribution in [0.1, 0.15) is 31.0 Å². The number of hydrogen-bond acceptors (Lipinski definition) is 2. The summed E-state index contributed by atoms with van der Waals surface area (Å²) < 4.78 is 0. The molecule has 1 aromatic carbocycles. The maximum atomic E-state index is 8.67. The molecule has 14 heavy (non-hydrogen) atoms. The van der Waals surface area contributed by atoms with Gasteiger partial charge in [0.05, 0.1) is 11.6 Å². The molecule has 0 aliphatic rings. The highest BCUT2D eigenvalue weighted by Crippen LogP contribution is 2.23. The smallest absolute Gasteiger partial charge is 0.0992 e. The first-order valence-corrected chi connectivity index (χ1v) is 4.99. The van der Waals surface area contributed by atoms with Crippen molar-refractivity contribution in [2.75, 3.05) is 6.54 Å². The molecular weight excluding hydrogens is 196 g/mol. The molecule has 1 atom stereocenters. The van der Waals surface area contributed by atoms with Crippen molar-refractivity contribution in [1.82, 2.24) is 5.32 Å². The van der Waals surface area contributed by atoms with Gasteiger partial charge in [-0.3, -0.25) is 0 Å². The third-order valence-electron chi connectivity index (χ3n) is 2.11. The van der Waals surface area contributed by atoms with Gasteiger partial charge < -0.3 is 5.32 Å². The van der Waals surface area contributed by atoms with Crippen molar-refractivity contribution < 1.29 is 0 Å². The number of nitriles is 1. The van der Waals surface area contributed by atoms with Crippen LogP contribution in [0.4, 0.5) is 0 Å². The molecule has 0 radical (unpaired) electrons. The second-order valence-corrected chi connectivity index (χ2v) is 3.53. The molecular formula is C11H13ClN2. The Morgan fingerprint density at radius 2 is 2.29 bits per heavy atom. The van der Waals surface area contributed by atoms with Gasteiger partial charge in [0.25, 0.3) is 0 Å². The Morgan fingerprint density at radius 1 is 1.57 bits per heavy atom. The normalized spacial score (nSPS) is 12.1. The van der Waals surface area contributed by atoms with Crippen LogP contribution in [0, 0.1) is 11.3 Å². The van der Waals surface area contributed by atoms with Crippen molar-refractivity contribution in [2.24, 2.45) is 0 Å². The molecule has 1 N–H and O–H groups in total. The standard InChI is InChI=1S/C11H13ClN2/c1-3-14-8(2)10-5-4-9(7-13)6-11(10)12/h4-6,8,14H,3H2,1-2H3. The van der Waals surface area contributed by atoms with Gasteiger partial charge in [0, 0.05) is 11.1 Å². The monoisotopic (exact) mass is 208 g/mol. The molecule has 1 unspecified atom stereocenters. The fraction of sp³-hybridized carbons (Fsp3) is 0.364. The van der Waals surface area contributed by atoms with Crippen LogP contribution < -0.4 is 5.32 Å². The van der Waals surface area contributed by atoms with Crippen LogP contribution in [0.5, 0.6) is 0 Å². The van der Waals surface area contributed by atoms with E-state index in [-0.39, 0.29) is 6.04 Å². The zero-order chi connectivity index (χ0) is 10.6. The second-order valence-electron chi connectivity index (χ2n) is 3.13. The van der Waals surface area contributed by atoms with Crippen LogP contribution in [0.2, 0.25) is 5.02 Å². The number of benzene rings is 1. The van der Waals surface area contributed by atoms with E-state index in [1.807, 2.05) is 13.0 Å². The van der Waals surface area contributed by atoms with Gasteiger partial charge in [-0.25, -0.2) is 0 Å². The molecule has 74 valence electrons. The van der Waals surface area contributed by atoms with Crippen LogP contribution >= 0.6 is 11.6 Å².